The maximum atomic E-state index is 12.9. The summed E-state index contributed by atoms with van der Waals surface area (Å²) in [4.78, 5) is 49.9. The van der Waals surface area contributed by atoms with Crippen molar-refractivity contribution < 1.29 is 38.1 Å². The summed E-state index contributed by atoms with van der Waals surface area (Å²) in [5.74, 6) is -0.146. The van der Waals surface area contributed by atoms with Gasteiger partial charge in [0.05, 0.1) is 5.92 Å². The number of ether oxygens (including phenoxy) is 4. The summed E-state index contributed by atoms with van der Waals surface area (Å²) in [6, 6.07) is 0. The van der Waals surface area contributed by atoms with Crippen LogP contribution in [0.25, 0.3) is 0 Å². The van der Waals surface area contributed by atoms with Crippen molar-refractivity contribution in [2.24, 2.45) is 27.6 Å². The lowest BCUT2D eigenvalue weighted by Gasteiger charge is -2.46. The van der Waals surface area contributed by atoms with Crippen LogP contribution in [0.2, 0.25) is 0 Å². The zero-order valence-corrected chi connectivity index (χ0v) is 48.5. The molecule has 2 saturated heterocycles. The number of esters is 4. The summed E-state index contributed by atoms with van der Waals surface area (Å²) >= 11 is 0. The van der Waals surface area contributed by atoms with Crippen LogP contribution in [-0.4, -0.2) is 70.4 Å². The number of piperidine rings is 2. The van der Waals surface area contributed by atoms with Gasteiger partial charge in [-0.25, -0.2) is 0 Å². The molecule has 10 heteroatoms. The number of hydrogen-bond acceptors (Lipinski definition) is 10. The molecule has 4 fully saturated rings. The average Bonchev–Trinajstić information content (AvgIpc) is 3.12. The van der Waals surface area contributed by atoms with Gasteiger partial charge in [0.1, 0.15) is 24.4 Å². The molecule has 0 amide bonds. The minimum atomic E-state index is -0.0599. The largest absolute Gasteiger partial charge is 0.462 e. The van der Waals surface area contributed by atoms with Crippen molar-refractivity contribution in [3.8, 4) is 0 Å². The summed E-state index contributed by atoms with van der Waals surface area (Å²) < 4.78 is 23.5. The average molecular weight is 988 g/mol. The first-order valence-corrected chi connectivity index (χ1v) is 28.5. The molecule has 4 aliphatic rings. The number of carbonyl (C=O) groups excluding carboxylic acids is 4. The molecule has 0 aromatic heterocycles. The summed E-state index contributed by atoms with van der Waals surface area (Å²) in [6.07, 6.45) is 24.3. The lowest BCUT2D eigenvalue weighted by molar-refractivity contribution is -0.161. The van der Waals surface area contributed by atoms with Crippen LogP contribution in [0.5, 0.6) is 0 Å². The van der Waals surface area contributed by atoms with Gasteiger partial charge in [0.15, 0.2) is 0 Å². The van der Waals surface area contributed by atoms with E-state index >= 15 is 0 Å². The Morgan fingerprint density at radius 1 is 0.386 bits per heavy atom. The molecule has 0 aromatic carbocycles. The van der Waals surface area contributed by atoms with Gasteiger partial charge in [-0.05, 0) is 148 Å². The third kappa shape index (κ3) is 25.2. The maximum Gasteiger partial charge on any atom is 0.309 e. The van der Waals surface area contributed by atoms with E-state index < -0.39 is 0 Å². The first-order chi connectivity index (χ1) is 32.1. The van der Waals surface area contributed by atoms with E-state index in [2.05, 4.69) is 128 Å². The highest BCUT2D eigenvalue weighted by molar-refractivity contribution is 5.72. The topological polar surface area (TPSA) is 129 Å². The fourth-order valence-electron chi connectivity index (χ4n) is 14.2. The highest BCUT2D eigenvalue weighted by Gasteiger charge is 2.43. The van der Waals surface area contributed by atoms with E-state index in [1.54, 1.807) is 0 Å². The highest BCUT2D eigenvalue weighted by Crippen LogP contribution is 2.48. The third-order valence-corrected chi connectivity index (χ3v) is 15.3. The summed E-state index contributed by atoms with van der Waals surface area (Å²) in [7, 11) is 0. The van der Waals surface area contributed by atoms with Gasteiger partial charge in [0.25, 0.3) is 0 Å². The molecule has 0 aromatic rings. The molecule has 0 bridgehead atoms. The van der Waals surface area contributed by atoms with Crippen LogP contribution in [0, 0.1) is 27.6 Å². The van der Waals surface area contributed by atoms with Gasteiger partial charge in [0.2, 0.25) is 0 Å². The van der Waals surface area contributed by atoms with E-state index in [1.165, 1.54) is 12.8 Å². The Hall–Kier alpha value is -2.20. The van der Waals surface area contributed by atoms with Gasteiger partial charge in [0, 0.05) is 67.1 Å². The van der Waals surface area contributed by atoms with Gasteiger partial charge in [-0.3, -0.25) is 19.2 Å². The fourth-order valence-corrected chi connectivity index (χ4v) is 14.2. The van der Waals surface area contributed by atoms with Crippen LogP contribution >= 0.6 is 0 Å². The molecule has 10 nitrogen and oxygen atoms in total. The van der Waals surface area contributed by atoms with Crippen molar-refractivity contribution in [3.05, 3.63) is 0 Å². The number of nitrogens with one attached hydrogen (secondary N) is 2. The van der Waals surface area contributed by atoms with E-state index in [4.69, 9.17) is 18.9 Å². The van der Waals surface area contributed by atoms with Crippen LogP contribution in [0.15, 0.2) is 0 Å². The Bertz CT molecular complexity index is 1520. The molecule has 0 radical (unpaired) electrons. The molecule has 2 aliphatic carbocycles. The Morgan fingerprint density at radius 3 is 0.943 bits per heavy atom. The van der Waals surface area contributed by atoms with Crippen LogP contribution in [0.4, 0.5) is 0 Å². The molecule has 0 spiro atoms. The summed E-state index contributed by atoms with van der Waals surface area (Å²) in [5.41, 5.74) is 0.868. The Balaban J connectivity index is 0.000000371. The van der Waals surface area contributed by atoms with Crippen molar-refractivity contribution in [1.29, 1.82) is 0 Å². The second-order valence-electron chi connectivity index (χ2n) is 28.9. The molecular formula is C60H110N2O8. The van der Waals surface area contributed by atoms with E-state index in [-0.39, 0.29) is 98.0 Å². The minimum Gasteiger partial charge on any atom is -0.462 e. The van der Waals surface area contributed by atoms with Crippen LogP contribution in [0.3, 0.4) is 0 Å². The lowest BCUT2D eigenvalue weighted by atomic mass is 9.64. The first-order valence-electron chi connectivity index (χ1n) is 28.5. The first kappa shape index (κ1) is 62.1. The highest BCUT2D eigenvalue weighted by atomic mass is 16.6. The minimum absolute atomic E-state index is 0.000220. The standard InChI is InChI=1S/C31H57NO4.C29H53NO4/c1-10-23(27(34)36-24-18-28(2,3)22-29(4,5)19-24)16-14-12-11-13-15-17-26(33)35-25-20-30(6,7)32-31(8,9)21-25;1-26(2)17-22(18-27(3,4)21-26)33-24(31)15-13-11-9-10-12-14-16-25(32)34-23-19-28(5,6)30-29(7,8)20-23/h23-25,32H,10-22H2,1-9H3;22-23,30H,9-21H2,1-8H3. The molecule has 1 atom stereocenters. The van der Waals surface area contributed by atoms with Crippen LogP contribution in [0.1, 0.15) is 285 Å². The molecule has 2 N–H and O–H groups in total. The monoisotopic (exact) mass is 987 g/mol. The molecule has 2 heterocycles. The lowest BCUT2D eigenvalue weighted by Crippen LogP contribution is -2.59. The second kappa shape index (κ2) is 26.3. The zero-order valence-electron chi connectivity index (χ0n) is 48.5. The predicted octanol–water partition coefficient (Wildman–Crippen LogP) is 14.9. The molecule has 408 valence electrons. The molecule has 4 rings (SSSR count). The predicted molar refractivity (Wildman–Crippen MR) is 286 cm³/mol. The van der Waals surface area contributed by atoms with Crippen LogP contribution < -0.4 is 10.6 Å². The second-order valence-corrected chi connectivity index (χ2v) is 28.9. The number of hydrogen-bond donors (Lipinski definition) is 2. The maximum absolute atomic E-state index is 12.9. The van der Waals surface area contributed by atoms with E-state index in [9.17, 15) is 19.2 Å². The van der Waals surface area contributed by atoms with E-state index in [1.807, 2.05) is 0 Å². The molecular weight excluding hydrogens is 877 g/mol. The van der Waals surface area contributed by atoms with Crippen molar-refractivity contribution in [2.75, 3.05) is 0 Å². The van der Waals surface area contributed by atoms with Gasteiger partial charge in [-0.2, -0.15) is 0 Å². The van der Waals surface area contributed by atoms with Gasteiger partial charge >= 0.3 is 23.9 Å². The molecule has 1 unspecified atom stereocenters. The fraction of sp³-hybridized carbons (Fsp3) is 0.933. The van der Waals surface area contributed by atoms with Crippen molar-refractivity contribution in [1.82, 2.24) is 10.6 Å². The summed E-state index contributed by atoms with van der Waals surface area (Å²) in [5, 5.41) is 7.26. The van der Waals surface area contributed by atoms with Crippen molar-refractivity contribution in [2.45, 2.75) is 331 Å². The number of unbranched alkanes of at least 4 members (excludes halogenated alkanes) is 9. The molecule has 2 saturated carbocycles. The Morgan fingerprint density at radius 2 is 0.643 bits per heavy atom. The zero-order chi connectivity index (χ0) is 52.8. The van der Waals surface area contributed by atoms with E-state index in [0.717, 1.165) is 135 Å². The smallest absolute Gasteiger partial charge is 0.309 e. The Labute approximate surface area is 429 Å². The van der Waals surface area contributed by atoms with Crippen molar-refractivity contribution in [3.63, 3.8) is 0 Å². The van der Waals surface area contributed by atoms with Crippen LogP contribution in [-0.2, 0) is 38.1 Å². The SMILES string of the molecule is CC1(C)CC(OC(=O)CCCCCCCCC(=O)OC2CC(C)(C)NC(C)(C)C2)CC(C)(C)C1.CCC(CCCCCCCC(=O)OC1CC(C)(C)NC(C)(C)C1)C(=O)OC1CC(C)(C)CC(C)(C)C1. The molecule has 2 aliphatic heterocycles. The van der Waals surface area contributed by atoms with Gasteiger partial charge < -0.3 is 29.6 Å². The van der Waals surface area contributed by atoms with Gasteiger partial charge in [-0.1, -0.05) is 114 Å². The number of rotatable bonds is 23. The summed E-state index contributed by atoms with van der Waals surface area (Å²) in [6.45, 7) is 37.8. The van der Waals surface area contributed by atoms with E-state index in [0.29, 0.717) is 19.3 Å². The number of carbonyl (C=O) groups is 4. The quantitative estimate of drug-likeness (QED) is 0.0580. The van der Waals surface area contributed by atoms with Crippen molar-refractivity contribution >= 4 is 23.9 Å². The third-order valence-electron chi connectivity index (χ3n) is 15.3. The normalized spacial score (nSPS) is 24.0. The van der Waals surface area contributed by atoms with Gasteiger partial charge in [-0.15, -0.1) is 0 Å². The Kier molecular flexibility index (Phi) is 23.4. The molecule has 70 heavy (non-hydrogen) atoms.